The monoisotopic (exact) mass is 417 g/mol. The van der Waals surface area contributed by atoms with Gasteiger partial charge in [0.1, 0.15) is 17.6 Å². The second kappa shape index (κ2) is 8.86. The zero-order chi connectivity index (χ0) is 20.1. The van der Waals surface area contributed by atoms with Gasteiger partial charge in [0.05, 0.1) is 6.54 Å². The lowest BCUT2D eigenvalue weighted by Crippen LogP contribution is -2.39. The van der Waals surface area contributed by atoms with Crippen molar-refractivity contribution < 1.29 is 9.59 Å². The third-order valence-corrected chi connectivity index (χ3v) is 4.48. The molecular formula is C19H17Cl2N5O2. The van der Waals surface area contributed by atoms with Crippen LogP contribution in [0.2, 0.25) is 10.0 Å². The number of hydrogen-bond acceptors (Lipinski definition) is 4. The average Bonchev–Trinajstić information content (AvgIpc) is 3.10. The highest BCUT2D eigenvalue weighted by Gasteiger charge is 2.21. The molecule has 2 heterocycles. The van der Waals surface area contributed by atoms with E-state index < -0.39 is 11.9 Å². The Morgan fingerprint density at radius 3 is 2.46 bits per heavy atom. The highest BCUT2D eigenvalue weighted by Crippen LogP contribution is 2.22. The average molecular weight is 418 g/mol. The van der Waals surface area contributed by atoms with Crippen LogP contribution in [0.4, 0.5) is 0 Å². The van der Waals surface area contributed by atoms with E-state index in [1.54, 1.807) is 30.6 Å². The van der Waals surface area contributed by atoms with Gasteiger partial charge in [-0.1, -0.05) is 35.3 Å². The van der Waals surface area contributed by atoms with Crippen molar-refractivity contribution >= 4 is 35.0 Å². The molecule has 2 amide bonds. The Morgan fingerprint density at radius 1 is 1.07 bits per heavy atom. The fourth-order valence-electron chi connectivity index (χ4n) is 2.60. The second-order valence-corrected chi connectivity index (χ2v) is 6.86. The molecular weight excluding hydrogens is 401 g/mol. The third-order valence-electron chi connectivity index (χ3n) is 3.99. The molecule has 28 heavy (non-hydrogen) atoms. The summed E-state index contributed by atoms with van der Waals surface area (Å²) in [6, 6.07) is 9.61. The van der Waals surface area contributed by atoms with E-state index in [0.29, 0.717) is 15.9 Å². The summed E-state index contributed by atoms with van der Waals surface area (Å²) in [5.74, 6) is -0.213. The van der Waals surface area contributed by atoms with E-state index in [1.807, 2.05) is 23.7 Å². The summed E-state index contributed by atoms with van der Waals surface area (Å²) in [6.07, 6.45) is 4.86. The highest BCUT2D eigenvalue weighted by atomic mass is 35.5. The zero-order valence-corrected chi connectivity index (χ0v) is 16.4. The van der Waals surface area contributed by atoms with Crippen LogP contribution >= 0.6 is 23.2 Å². The van der Waals surface area contributed by atoms with Crippen LogP contribution in [-0.2, 0) is 11.8 Å². The van der Waals surface area contributed by atoms with Gasteiger partial charge < -0.3 is 15.2 Å². The van der Waals surface area contributed by atoms with Gasteiger partial charge in [0, 0.05) is 35.7 Å². The molecule has 0 aliphatic heterocycles. The molecule has 2 N–H and O–H groups in total. The number of pyridine rings is 1. The molecule has 2 aromatic heterocycles. The minimum absolute atomic E-state index is 0.138. The molecule has 144 valence electrons. The number of imidazole rings is 1. The number of nitrogens with zero attached hydrogens (tertiary/aromatic N) is 3. The summed E-state index contributed by atoms with van der Waals surface area (Å²) in [7, 11) is 1.84. The van der Waals surface area contributed by atoms with Crippen LogP contribution in [0, 0.1) is 0 Å². The molecule has 0 spiro atoms. The molecule has 0 bridgehead atoms. The maximum atomic E-state index is 12.5. The maximum Gasteiger partial charge on any atom is 0.270 e. The van der Waals surface area contributed by atoms with Gasteiger partial charge in [-0.25, -0.2) is 4.98 Å². The van der Waals surface area contributed by atoms with Crippen molar-refractivity contribution in [2.24, 2.45) is 7.05 Å². The number of benzene rings is 1. The van der Waals surface area contributed by atoms with Gasteiger partial charge in [0.2, 0.25) is 5.91 Å². The molecule has 1 atom stereocenters. The Hall–Kier alpha value is -2.90. The summed E-state index contributed by atoms with van der Waals surface area (Å²) < 4.78 is 1.81. The molecule has 0 saturated carbocycles. The van der Waals surface area contributed by atoms with Crippen molar-refractivity contribution in [1.82, 2.24) is 25.2 Å². The van der Waals surface area contributed by atoms with Crippen molar-refractivity contribution in [2.45, 2.75) is 6.04 Å². The quantitative estimate of drug-likeness (QED) is 0.645. The van der Waals surface area contributed by atoms with Gasteiger partial charge in [-0.15, -0.1) is 0 Å². The topological polar surface area (TPSA) is 88.9 Å². The number of amides is 2. The van der Waals surface area contributed by atoms with E-state index in [4.69, 9.17) is 23.2 Å². The number of nitrogens with one attached hydrogen (secondary N) is 2. The van der Waals surface area contributed by atoms with Crippen LogP contribution in [0.25, 0.3) is 0 Å². The third kappa shape index (κ3) is 4.88. The van der Waals surface area contributed by atoms with E-state index in [2.05, 4.69) is 20.6 Å². The Kier molecular flexibility index (Phi) is 6.28. The molecule has 3 aromatic rings. The number of hydrogen-bond donors (Lipinski definition) is 2. The minimum Gasteiger partial charge on any atom is -0.342 e. The summed E-state index contributed by atoms with van der Waals surface area (Å²) in [5, 5.41) is 6.40. The number of rotatable bonds is 6. The predicted molar refractivity (Wildman–Crippen MR) is 106 cm³/mol. The van der Waals surface area contributed by atoms with Crippen molar-refractivity contribution in [3.05, 3.63) is 82.1 Å². The van der Waals surface area contributed by atoms with Crippen LogP contribution in [0.15, 0.2) is 55.0 Å². The summed E-state index contributed by atoms with van der Waals surface area (Å²) in [4.78, 5) is 32.9. The number of carbonyl (C=O) groups is 2. The van der Waals surface area contributed by atoms with Crippen molar-refractivity contribution in [3.8, 4) is 0 Å². The van der Waals surface area contributed by atoms with Crippen molar-refractivity contribution in [2.75, 3.05) is 6.54 Å². The Labute approximate surface area is 171 Å². The number of halogens is 2. The lowest BCUT2D eigenvalue weighted by atomic mass is 10.1. The van der Waals surface area contributed by atoms with E-state index >= 15 is 0 Å². The molecule has 0 saturated heterocycles. The largest absolute Gasteiger partial charge is 0.342 e. The van der Waals surface area contributed by atoms with Crippen molar-refractivity contribution in [1.29, 1.82) is 0 Å². The highest BCUT2D eigenvalue weighted by molar-refractivity contribution is 6.31. The van der Waals surface area contributed by atoms with Gasteiger partial charge in [0.25, 0.3) is 5.91 Å². The molecule has 0 aliphatic carbocycles. The maximum absolute atomic E-state index is 12.5. The Morgan fingerprint density at radius 2 is 1.82 bits per heavy atom. The zero-order valence-electron chi connectivity index (χ0n) is 14.9. The molecule has 9 heteroatoms. The van der Waals surface area contributed by atoms with Crippen LogP contribution in [0.5, 0.6) is 0 Å². The lowest BCUT2D eigenvalue weighted by molar-refractivity contribution is -0.120. The number of carbonyl (C=O) groups excluding carboxylic acids is 2. The summed E-state index contributed by atoms with van der Waals surface area (Å²) >= 11 is 11.8. The molecule has 7 nitrogen and oxygen atoms in total. The van der Waals surface area contributed by atoms with Crippen LogP contribution in [-0.4, -0.2) is 32.9 Å². The van der Waals surface area contributed by atoms with Crippen LogP contribution < -0.4 is 10.6 Å². The fraction of sp³-hybridized carbons (Fsp3) is 0.158. The SMILES string of the molecule is Cn1ccnc1[C@@H](NC(=O)CNC(=O)c1cc(Cl)ccn1)c1ccc(Cl)cc1. The standard InChI is InChI=1S/C19H17Cl2N5O2/c1-26-9-8-23-18(26)17(12-2-4-13(20)5-3-12)25-16(27)11-24-19(28)15-10-14(21)6-7-22-15/h2-10,17H,11H2,1H3,(H,24,28)(H,25,27)/t17-/m0/s1. The van der Waals surface area contributed by atoms with Gasteiger partial charge in [-0.2, -0.15) is 0 Å². The summed E-state index contributed by atoms with van der Waals surface area (Å²) in [6.45, 7) is -0.221. The van der Waals surface area contributed by atoms with Gasteiger partial charge in [0.15, 0.2) is 0 Å². The van der Waals surface area contributed by atoms with E-state index in [-0.39, 0.29) is 18.1 Å². The Balaban J connectivity index is 1.70. The fourth-order valence-corrected chi connectivity index (χ4v) is 2.89. The smallest absolute Gasteiger partial charge is 0.270 e. The van der Waals surface area contributed by atoms with Crippen LogP contribution in [0.3, 0.4) is 0 Å². The first-order chi connectivity index (χ1) is 13.4. The molecule has 0 radical (unpaired) electrons. The van der Waals surface area contributed by atoms with Crippen LogP contribution in [0.1, 0.15) is 27.9 Å². The lowest BCUT2D eigenvalue weighted by Gasteiger charge is -2.19. The first-order valence-electron chi connectivity index (χ1n) is 8.36. The van der Waals surface area contributed by atoms with E-state index in [9.17, 15) is 9.59 Å². The first kappa shape index (κ1) is 19.9. The Bertz CT molecular complexity index is 988. The van der Waals surface area contributed by atoms with Gasteiger partial charge >= 0.3 is 0 Å². The van der Waals surface area contributed by atoms with Gasteiger partial charge in [-0.05, 0) is 29.8 Å². The molecule has 1 aromatic carbocycles. The van der Waals surface area contributed by atoms with Gasteiger partial charge in [-0.3, -0.25) is 14.6 Å². The predicted octanol–water partition coefficient (Wildman–Crippen LogP) is 2.76. The first-order valence-corrected chi connectivity index (χ1v) is 9.11. The number of aryl methyl sites for hydroxylation is 1. The molecule has 0 aliphatic rings. The molecule has 0 fully saturated rings. The summed E-state index contributed by atoms with van der Waals surface area (Å²) in [5.41, 5.74) is 0.952. The second-order valence-electron chi connectivity index (χ2n) is 5.99. The minimum atomic E-state index is -0.494. The molecule has 0 unspecified atom stereocenters. The van der Waals surface area contributed by atoms with E-state index in [0.717, 1.165) is 5.56 Å². The molecule has 3 rings (SSSR count). The number of aromatic nitrogens is 3. The normalized spacial score (nSPS) is 11.7. The van der Waals surface area contributed by atoms with E-state index in [1.165, 1.54) is 12.3 Å². The van der Waals surface area contributed by atoms with Crippen molar-refractivity contribution in [3.63, 3.8) is 0 Å².